The monoisotopic (exact) mass is 285 g/mol. The van der Waals surface area contributed by atoms with Crippen molar-refractivity contribution in [2.24, 2.45) is 5.92 Å². The SMILES string of the molecule is CCC(CCO)CNCc1ccc(CC(=O)OC)s1. The van der Waals surface area contributed by atoms with E-state index < -0.39 is 0 Å². The zero-order valence-electron chi connectivity index (χ0n) is 11.6. The minimum Gasteiger partial charge on any atom is -0.469 e. The second-order valence-electron chi connectivity index (χ2n) is 4.54. The van der Waals surface area contributed by atoms with E-state index in [0.717, 1.165) is 30.8 Å². The molecule has 1 heterocycles. The average Bonchev–Trinajstić information content (AvgIpc) is 2.85. The van der Waals surface area contributed by atoms with Crippen molar-refractivity contribution >= 4 is 17.3 Å². The van der Waals surface area contributed by atoms with Crippen LogP contribution in [0.5, 0.6) is 0 Å². The summed E-state index contributed by atoms with van der Waals surface area (Å²) in [5, 5.41) is 12.3. The first kappa shape index (κ1) is 16.1. The average molecular weight is 285 g/mol. The van der Waals surface area contributed by atoms with Crippen LogP contribution in [0.15, 0.2) is 12.1 Å². The fourth-order valence-electron chi connectivity index (χ4n) is 1.86. The Bertz CT molecular complexity index is 379. The third kappa shape index (κ3) is 6.18. The number of carbonyl (C=O) groups is 1. The first-order chi connectivity index (χ1) is 9.19. The van der Waals surface area contributed by atoms with E-state index in [4.69, 9.17) is 5.11 Å². The third-order valence-corrected chi connectivity index (χ3v) is 4.20. The molecule has 1 atom stereocenters. The Morgan fingerprint density at radius 1 is 1.47 bits per heavy atom. The van der Waals surface area contributed by atoms with Gasteiger partial charge >= 0.3 is 5.97 Å². The lowest BCUT2D eigenvalue weighted by molar-refractivity contribution is -0.139. The number of nitrogens with one attached hydrogen (secondary N) is 1. The van der Waals surface area contributed by atoms with Crippen molar-refractivity contribution in [3.63, 3.8) is 0 Å². The van der Waals surface area contributed by atoms with Crippen LogP contribution in [0.25, 0.3) is 0 Å². The Morgan fingerprint density at radius 3 is 2.84 bits per heavy atom. The number of aliphatic hydroxyl groups is 1. The summed E-state index contributed by atoms with van der Waals surface area (Å²) in [6.07, 6.45) is 2.27. The van der Waals surface area contributed by atoms with Crippen LogP contribution in [-0.4, -0.2) is 31.3 Å². The van der Waals surface area contributed by atoms with Gasteiger partial charge in [0.2, 0.25) is 0 Å². The summed E-state index contributed by atoms with van der Waals surface area (Å²) in [5.41, 5.74) is 0. The van der Waals surface area contributed by atoms with E-state index in [0.29, 0.717) is 12.3 Å². The van der Waals surface area contributed by atoms with Gasteiger partial charge in [-0.05, 0) is 31.0 Å². The molecule has 1 aromatic heterocycles. The quantitative estimate of drug-likeness (QED) is 0.681. The van der Waals surface area contributed by atoms with E-state index in [1.165, 1.54) is 12.0 Å². The molecule has 2 N–H and O–H groups in total. The highest BCUT2D eigenvalue weighted by Crippen LogP contribution is 2.17. The molecule has 108 valence electrons. The highest BCUT2D eigenvalue weighted by Gasteiger charge is 2.08. The molecule has 0 aromatic carbocycles. The second-order valence-corrected chi connectivity index (χ2v) is 5.79. The van der Waals surface area contributed by atoms with Crippen LogP contribution in [0, 0.1) is 5.92 Å². The number of aliphatic hydroxyl groups excluding tert-OH is 1. The molecule has 1 unspecified atom stereocenters. The first-order valence-electron chi connectivity index (χ1n) is 6.65. The molecular formula is C14H23NO3S. The molecule has 19 heavy (non-hydrogen) atoms. The van der Waals surface area contributed by atoms with Crippen LogP contribution in [0.1, 0.15) is 29.5 Å². The highest BCUT2D eigenvalue weighted by molar-refractivity contribution is 7.12. The van der Waals surface area contributed by atoms with Gasteiger partial charge in [-0.3, -0.25) is 4.79 Å². The summed E-state index contributed by atoms with van der Waals surface area (Å²) in [6.45, 7) is 4.12. The van der Waals surface area contributed by atoms with Crippen LogP contribution in [-0.2, 0) is 22.5 Å². The van der Waals surface area contributed by atoms with Crippen LogP contribution in [0.3, 0.4) is 0 Å². The van der Waals surface area contributed by atoms with E-state index in [2.05, 4.69) is 17.0 Å². The molecule has 0 aliphatic heterocycles. The van der Waals surface area contributed by atoms with Gasteiger partial charge in [-0.1, -0.05) is 13.3 Å². The normalized spacial score (nSPS) is 12.4. The maximum absolute atomic E-state index is 11.1. The van der Waals surface area contributed by atoms with Crippen molar-refractivity contribution in [3.05, 3.63) is 21.9 Å². The van der Waals surface area contributed by atoms with Crippen LogP contribution < -0.4 is 5.32 Å². The van der Waals surface area contributed by atoms with Gasteiger partial charge in [-0.25, -0.2) is 0 Å². The van der Waals surface area contributed by atoms with E-state index >= 15 is 0 Å². The van der Waals surface area contributed by atoms with E-state index in [1.807, 2.05) is 12.1 Å². The minimum atomic E-state index is -0.199. The lowest BCUT2D eigenvalue weighted by Crippen LogP contribution is -2.22. The molecule has 0 aliphatic rings. The molecule has 5 heteroatoms. The number of hydrogen-bond donors (Lipinski definition) is 2. The van der Waals surface area contributed by atoms with Gasteiger partial charge in [0.15, 0.2) is 0 Å². The summed E-state index contributed by atoms with van der Waals surface area (Å²) in [4.78, 5) is 13.4. The van der Waals surface area contributed by atoms with Crippen LogP contribution >= 0.6 is 11.3 Å². The number of ether oxygens (including phenoxy) is 1. The van der Waals surface area contributed by atoms with Crippen molar-refractivity contribution in [1.29, 1.82) is 0 Å². The molecule has 0 bridgehead atoms. The smallest absolute Gasteiger partial charge is 0.310 e. The molecule has 0 fully saturated rings. The topological polar surface area (TPSA) is 58.6 Å². The fourth-order valence-corrected chi connectivity index (χ4v) is 2.83. The maximum atomic E-state index is 11.1. The van der Waals surface area contributed by atoms with Crippen LogP contribution in [0.2, 0.25) is 0 Å². The Labute approximate surface area is 118 Å². The Morgan fingerprint density at radius 2 is 2.21 bits per heavy atom. The third-order valence-electron chi connectivity index (χ3n) is 3.11. The Balaban J connectivity index is 2.31. The molecule has 0 spiro atoms. The molecule has 0 saturated heterocycles. The molecule has 4 nitrogen and oxygen atoms in total. The van der Waals surface area contributed by atoms with E-state index in [-0.39, 0.29) is 12.6 Å². The molecule has 0 radical (unpaired) electrons. The summed E-state index contributed by atoms with van der Waals surface area (Å²) >= 11 is 1.64. The van der Waals surface area contributed by atoms with Crippen molar-refractivity contribution in [2.75, 3.05) is 20.3 Å². The summed E-state index contributed by atoms with van der Waals surface area (Å²) in [6, 6.07) is 4.02. The summed E-state index contributed by atoms with van der Waals surface area (Å²) in [7, 11) is 1.41. The maximum Gasteiger partial charge on any atom is 0.310 e. The van der Waals surface area contributed by atoms with Gasteiger partial charge in [0, 0.05) is 22.9 Å². The number of hydrogen-bond acceptors (Lipinski definition) is 5. The first-order valence-corrected chi connectivity index (χ1v) is 7.47. The summed E-state index contributed by atoms with van der Waals surface area (Å²) < 4.78 is 4.65. The lowest BCUT2D eigenvalue weighted by atomic mass is 10.0. The summed E-state index contributed by atoms with van der Waals surface area (Å²) in [5.74, 6) is 0.329. The van der Waals surface area contributed by atoms with Gasteiger partial charge in [0.25, 0.3) is 0 Å². The Kier molecular flexibility index (Phi) is 7.70. The molecule has 0 aliphatic carbocycles. The highest BCUT2D eigenvalue weighted by atomic mass is 32.1. The van der Waals surface area contributed by atoms with Gasteiger partial charge in [-0.15, -0.1) is 11.3 Å². The predicted molar refractivity (Wildman–Crippen MR) is 77.2 cm³/mol. The molecule has 1 rings (SSSR count). The number of carbonyl (C=O) groups excluding carboxylic acids is 1. The predicted octanol–water partition coefficient (Wildman–Crippen LogP) is 1.96. The van der Waals surface area contributed by atoms with Gasteiger partial charge < -0.3 is 15.2 Å². The van der Waals surface area contributed by atoms with Crippen molar-refractivity contribution < 1.29 is 14.6 Å². The standard InChI is InChI=1S/C14H23NO3S/c1-3-11(6-7-16)9-15-10-13-5-4-12(19-13)8-14(17)18-2/h4-5,11,15-16H,3,6-10H2,1-2H3. The van der Waals surface area contributed by atoms with Gasteiger partial charge in [0.05, 0.1) is 13.5 Å². The van der Waals surface area contributed by atoms with Crippen LogP contribution in [0.4, 0.5) is 0 Å². The largest absolute Gasteiger partial charge is 0.469 e. The zero-order chi connectivity index (χ0) is 14.1. The van der Waals surface area contributed by atoms with Gasteiger partial charge in [0.1, 0.15) is 0 Å². The number of esters is 1. The Hall–Kier alpha value is -0.910. The van der Waals surface area contributed by atoms with Crippen molar-refractivity contribution in [1.82, 2.24) is 5.32 Å². The van der Waals surface area contributed by atoms with E-state index in [9.17, 15) is 4.79 Å². The molecular weight excluding hydrogens is 262 g/mol. The van der Waals surface area contributed by atoms with E-state index in [1.54, 1.807) is 11.3 Å². The van der Waals surface area contributed by atoms with Crippen molar-refractivity contribution in [2.45, 2.75) is 32.7 Å². The molecule has 0 amide bonds. The second kappa shape index (κ2) is 9.07. The number of methoxy groups -OCH3 is 1. The zero-order valence-corrected chi connectivity index (χ0v) is 12.5. The number of rotatable bonds is 9. The molecule has 0 saturated carbocycles. The molecule has 1 aromatic rings. The lowest BCUT2D eigenvalue weighted by Gasteiger charge is -2.13. The fraction of sp³-hybridized carbons (Fsp3) is 0.643. The van der Waals surface area contributed by atoms with Gasteiger partial charge in [-0.2, -0.15) is 0 Å². The number of thiophene rings is 1. The minimum absolute atomic E-state index is 0.199. The van der Waals surface area contributed by atoms with Crippen molar-refractivity contribution in [3.8, 4) is 0 Å².